The Balaban J connectivity index is 1.94. The lowest BCUT2D eigenvalue weighted by atomic mass is 10.0. The summed E-state index contributed by atoms with van der Waals surface area (Å²) in [5, 5.41) is 3.69. The van der Waals surface area contributed by atoms with Crippen LogP contribution < -0.4 is 11.1 Å². The number of nitrogens with zero attached hydrogens (tertiary/aromatic N) is 1. The molecule has 0 unspecified atom stereocenters. The molecule has 1 aromatic heterocycles. The van der Waals surface area contributed by atoms with Gasteiger partial charge in [-0.15, -0.1) is 11.3 Å². The highest BCUT2D eigenvalue weighted by atomic mass is 35.5. The molecule has 0 saturated heterocycles. The SMILES string of the molecule is CCN1CCc2c(sc(NC(=O)c3ccccc3Cl)c2C(N)=O)C1. The summed E-state index contributed by atoms with van der Waals surface area (Å²) in [6.45, 7) is 4.72. The number of nitrogens with one attached hydrogen (secondary N) is 1. The lowest BCUT2D eigenvalue weighted by Crippen LogP contribution is -2.30. The zero-order valence-electron chi connectivity index (χ0n) is 13.3. The van der Waals surface area contributed by atoms with Crippen molar-refractivity contribution in [2.24, 2.45) is 5.73 Å². The molecular formula is C17H18ClN3O2S. The maximum absolute atomic E-state index is 12.5. The van der Waals surface area contributed by atoms with Crippen molar-refractivity contribution in [3.63, 3.8) is 0 Å². The maximum Gasteiger partial charge on any atom is 0.257 e. The number of rotatable bonds is 4. The summed E-state index contributed by atoms with van der Waals surface area (Å²) in [6.07, 6.45) is 0.764. The van der Waals surface area contributed by atoms with E-state index in [-0.39, 0.29) is 5.91 Å². The molecule has 1 aliphatic rings. The quantitative estimate of drug-likeness (QED) is 0.876. The first-order valence-corrected chi connectivity index (χ1v) is 8.93. The van der Waals surface area contributed by atoms with Gasteiger partial charge < -0.3 is 11.1 Å². The van der Waals surface area contributed by atoms with Gasteiger partial charge in [-0.05, 0) is 30.7 Å². The van der Waals surface area contributed by atoms with Crippen LogP contribution >= 0.6 is 22.9 Å². The van der Waals surface area contributed by atoms with Gasteiger partial charge in [0.2, 0.25) is 0 Å². The first kappa shape index (κ1) is 17.0. The van der Waals surface area contributed by atoms with E-state index in [2.05, 4.69) is 17.1 Å². The van der Waals surface area contributed by atoms with E-state index in [0.717, 1.165) is 36.5 Å². The molecule has 3 rings (SSSR count). The molecule has 0 saturated carbocycles. The van der Waals surface area contributed by atoms with E-state index in [4.69, 9.17) is 17.3 Å². The number of carbonyl (C=O) groups is 2. The molecule has 2 heterocycles. The van der Waals surface area contributed by atoms with Crippen molar-refractivity contribution < 1.29 is 9.59 Å². The van der Waals surface area contributed by atoms with Crippen LogP contribution in [0.25, 0.3) is 0 Å². The molecule has 0 radical (unpaired) electrons. The van der Waals surface area contributed by atoms with Crippen molar-refractivity contribution in [2.75, 3.05) is 18.4 Å². The molecule has 24 heavy (non-hydrogen) atoms. The second-order valence-corrected chi connectivity index (χ2v) is 7.14. The standard InChI is InChI=1S/C17H18ClN3O2S/c1-2-21-8-7-11-13(9-21)24-17(14(11)15(19)22)20-16(23)10-5-3-4-6-12(10)18/h3-6H,2,7-9H2,1H3,(H2,19,22)(H,20,23). The fraction of sp³-hybridized carbons (Fsp3) is 0.294. The van der Waals surface area contributed by atoms with E-state index in [1.165, 1.54) is 11.3 Å². The molecule has 7 heteroatoms. The predicted molar refractivity (Wildman–Crippen MR) is 96.9 cm³/mol. The number of hydrogen-bond donors (Lipinski definition) is 2. The van der Waals surface area contributed by atoms with Gasteiger partial charge in [-0.3, -0.25) is 14.5 Å². The van der Waals surface area contributed by atoms with Gasteiger partial charge in [0, 0.05) is 18.0 Å². The van der Waals surface area contributed by atoms with Crippen LogP contribution in [0, 0.1) is 0 Å². The zero-order valence-corrected chi connectivity index (χ0v) is 14.8. The molecule has 0 fully saturated rings. The number of likely N-dealkylation sites (N-methyl/N-ethyl adjacent to an activating group) is 1. The zero-order chi connectivity index (χ0) is 17.3. The summed E-state index contributed by atoms with van der Waals surface area (Å²) in [6, 6.07) is 6.81. The number of anilines is 1. The number of thiophene rings is 1. The van der Waals surface area contributed by atoms with Gasteiger partial charge in [0.1, 0.15) is 5.00 Å². The summed E-state index contributed by atoms with van der Waals surface area (Å²) in [5.74, 6) is -0.846. The Morgan fingerprint density at radius 1 is 1.38 bits per heavy atom. The molecule has 3 N–H and O–H groups in total. The summed E-state index contributed by atoms with van der Waals surface area (Å²) in [5.41, 5.74) is 7.34. The number of carbonyl (C=O) groups excluding carboxylic acids is 2. The fourth-order valence-electron chi connectivity index (χ4n) is 2.89. The number of hydrogen-bond acceptors (Lipinski definition) is 4. The van der Waals surface area contributed by atoms with Gasteiger partial charge in [-0.2, -0.15) is 0 Å². The Morgan fingerprint density at radius 2 is 2.12 bits per heavy atom. The lowest BCUT2D eigenvalue weighted by Gasteiger charge is -2.25. The van der Waals surface area contributed by atoms with Crippen molar-refractivity contribution in [3.8, 4) is 0 Å². The minimum atomic E-state index is -0.507. The van der Waals surface area contributed by atoms with Crippen LogP contribution in [0.1, 0.15) is 38.1 Å². The summed E-state index contributed by atoms with van der Waals surface area (Å²) in [4.78, 5) is 27.8. The average Bonchev–Trinajstić information content (AvgIpc) is 2.91. The third kappa shape index (κ3) is 3.17. The van der Waals surface area contributed by atoms with Crippen LogP contribution in [-0.2, 0) is 13.0 Å². The van der Waals surface area contributed by atoms with E-state index in [1.807, 2.05) is 0 Å². The molecule has 126 valence electrons. The highest BCUT2D eigenvalue weighted by Gasteiger charge is 2.27. The van der Waals surface area contributed by atoms with E-state index in [0.29, 0.717) is 21.2 Å². The molecule has 0 bridgehead atoms. The van der Waals surface area contributed by atoms with Crippen molar-refractivity contribution in [3.05, 3.63) is 50.9 Å². The molecule has 2 aromatic rings. The van der Waals surface area contributed by atoms with E-state index >= 15 is 0 Å². The second kappa shape index (κ2) is 6.93. The molecule has 0 aliphatic carbocycles. The molecule has 0 spiro atoms. The molecule has 2 amide bonds. The lowest BCUT2D eigenvalue weighted by molar-refractivity contribution is 0.1000. The van der Waals surface area contributed by atoms with Crippen LogP contribution in [0.15, 0.2) is 24.3 Å². The average molecular weight is 364 g/mol. The third-order valence-corrected chi connectivity index (χ3v) is 5.64. The molecular weight excluding hydrogens is 346 g/mol. The first-order valence-electron chi connectivity index (χ1n) is 7.73. The number of halogens is 1. The smallest absolute Gasteiger partial charge is 0.257 e. The van der Waals surface area contributed by atoms with Crippen LogP contribution in [0.4, 0.5) is 5.00 Å². The van der Waals surface area contributed by atoms with Crippen LogP contribution in [-0.4, -0.2) is 29.8 Å². The molecule has 5 nitrogen and oxygen atoms in total. The largest absolute Gasteiger partial charge is 0.365 e. The van der Waals surface area contributed by atoms with Crippen molar-refractivity contribution in [2.45, 2.75) is 19.9 Å². The van der Waals surface area contributed by atoms with Crippen molar-refractivity contribution >= 4 is 39.8 Å². The van der Waals surface area contributed by atoms with Crippen LogP contribution in [0.5, 0.6) is 0 Å². The molecule has 0 atom stereocenters. The Labute approximate surface area is 149 Å². The van der Waals surface area contributed by atoms with Crippen molar-refractivity contribution in [1.82, 2.24) is 4.90 Å². The fourth-order valence-corrected chi connectivity index (χ4v) is 4.40. The van der Waals surface area contributed by atoms with E-state index < -0.39 is 5.91 Å². The summed E-state index contributed by atoms with van der Waals surface area (Å²) in [7, 11) is 0. The van der Waals surface area contributed by atoms with E-state index in [1.54, 1.807) is 24.3 Å². The molecule has 1 aliphatic heterocycles. The third-order valence-electron chi connectivity index (χ3n) is 4.18. The van der Waals surface area contributed by atoms with Gasteiger partial charge in [0.15, 0.2) is 0 Å². The highest BCUT2D eigenvalue weighted by molar-refractivity contribution is 7.17. The Morgan fingerprint density at radius 3 is 2.79 bits per heavy atom. The molecule has 1 aromatic carbocycles. The monoisotopic (exact) mass is 363 g/mol. The number of benzene rings is 1. The first-order chi connectivity index (χ1) is 11.5. The Bertz CT molecular complexity index is 803. The normalized spacial score (nSPS) is 14.2. The number of fused-ring (bicyclic) bond motifs is 1. The Kier molecular flexibility index (Phi) is 4.89. The maximum atomic E-state index is 12.5. The van der Waals surface area contributed by atoms with Crippen LogP contribution in [0.2, 0.25) is 5.02 Å². The van der Waals surface area contributed by atoms with Crippen LogP contribution in [0.3, 0.4) is 0 Å². The van der Waals surface area contributed by atoms with E-state index in [9.17, 15) is 9.59 Å². The van der Waals surface area contributed by atoms with Gasteiger partial charge in [-0.1, -0.05) is 30.7 Å². The second-order valence-electron chi connectivity index (χ2n) is 5.62. The van der Waals surface area contributed by atoms with Gasteiger partial charge in [-0.25, -0.2) is 0 Å². The summed E-state index contributed by atoms with van der Waals surface area (Å²) < 4.78 is 0. The van der Waals surface area contributed by atoms with Gasteiger partial charge in [0.05, 0.1) is 16.1 Å². The van der Waals surface area contributed by atoms with Gasteiger partial charge in [0.25, 0.3) is 11.8 Å². The number of primary amides is 1. The Hall–Kier alpha value is -1.89. The minimum Gasteiger partial charge on any atom is -0.365 e. The number of amides is 2. The summed E-state index contributed by atoms with van der Waals surface area (Å²) >= 11 is 7.49. The van der Waals surface area contributed by atoms with Gasteiger partial charge >= 0.3 is 0 Å². The highest BCUT2D eigenvalue weighted by Crippen LogP contribution is 2.37. The van der Waals surface area contributed by atoms with Crippen molar-refractivity contribution in [1.29, 1.82) is 0 Å². The predicted octanol–water partition coefficient (Wildman–Crippen LogP) is 3.13. The topological polar surface area (TPSA) is 75.4 Å². The number of nitrogens with two attached hydrogens (primary N) is 1. The minimum absolute atomic E-state index is 0.339.